The first kappa shape index (κ1) is 19.6. The van der Waals surface area contributed by atoms with E-state index in [0.717, 1.165) is 5.56 Å². The summed E-state index contributed by atoms with van der Waals surface area (Å²) in [7, 11) is 0. The fourth-order valence-electron chi connectivity index (χ4n) is 2.95. The maximum atomic E-state index is 12.4. The molecule has 2 rings (SSSR count). The Morgan fingerprint density at radius 1 is 1.23 bits per heavy atom. The van der Waals surface area contributed by atoms with Crippen LogP contribution in [0.5, 0.6) is 0 Å². The summed E-state index contributed by atoms with van der Waals surface area (Å²) in [6, 6.07) is 6.64. The summed E-state index contributed by atoms with van der Waals surface area (Å²) >= 11 is 0. The van der Waals surface area contributed by atoms with Crippen LogP contribution in [0.2, 0.25) is 0 Å². The zero-order chi connectivity index (χ0) is 19.3. The van der Waals surface area contributed by atoms with Crippen molar-refractivity contribution in [2.75, 3.05) is 11.9 Å². The van der Waals surface area contributed by atoms with E-state index in [-0.39, 0.29) is 24.8 Å². The Morgan fingerprint density at radius 2 is 1.88 bits per heavy atom. The van der Waals surface area contributed by atoms with Crippen molar-refractivity contribution in [1.29, 1.82) is 0 Å². The molecular formula is C18H23N3O5. The highest BCUT2D eigenvalue weighted by atomic mass is 16.3. The number of carbonyl (C=O) groups excluding carboxylic acids is 4. The Morgan fingerprint density at radius 3 is 2.42 bits per heavy atom. The number of amides is 4. The van der Waals surface area contributed by atoms with Crippen LogP contribution in [-0.4, -0.2) is 41.4 Å². The number of hydrogen-bond donors (Lipinski definition) is 4. The fraction of sp³-hybridized carbons (Fsp3) is 0.444. The molecule has 2 atom stereocenters. The quantitative estimate of drug-likeness (QED) is 0.441. The van der Waals surface area contributed by atoms with Crippen molar-refractivity contribution in [2.45, 2.75) is 44.6 Å². The van der Waals surface area contributed by atoms with Gasteiger partial charge in [-0.3, -0.25) is 24.5 Å². The second-order valence-electron chi connectivity index (χ2n) is 6.40. The highest BCUT2D eigenvalue weighted by molar-refractivity contribution is 6.39. The van der Waals surface area contributed by atoms with Crippen LogP contribution >= 0.6 is 0 Å². The average Bonchev–Trinajstić information content (AvgIpc) is 2.61. The number of hydrogen-bond acceptors (Lipinski definition) is 5. The molecule has 0 bridgehead atoms. The molecule has 8 nitrogen and oxygen atoms in total. The zero-order valence-corrected chi connectivity index (χ0v) is 14.8. The molecule has 1 aromatic rings. The summed E-state index contributed by atoms with van der Waals surface area (Å²) in [6.45, 7) is 3.37. The number of carbonyl (C=O) groups is 4. The normalized spacial score (nSPS) is 20.9. The molecule has 1 fully saturated rings. The Hall–Kier alpha value is -2.74. The van der Waals surface area contributed by atoms with Crippen LogP contribution in [0.25, 0.3) is 0 Å². The predicted octanol–water partition coefficient (Wildman–Crippen LogP) is 0.206. The molecule has 1 aliphatic heterocycles. The largest absolute Gasteiger partial charge is 0.392 e. The van der Waals surface area contributed by atoms with Crippen LogP contribution in [0.3, 0.4) is 0 Å². The van der Waals surface area contributed by atoms with Gasteiger partial charge in [-0.1, -0.05) is 19.1 Å². The van der Waals surface area contributed by atoms with Gasteiger partial charge in [-0.25, -0.2) is 0 Å². The third-order valence-electron chi connectivity index (χ3n) is 4.53. The highest BCUT2D eigenvalue weighted by Crippen LogP contribution is 2.36. The summed E-state index contributed by atoms with van der Waals surface area (Å²) in [5.74, 6) is -2.27. The van der Waals surface area contributed by atoms with Crippen molar-refractivity contribution in [2.24, 2.45) is 0 Å². The highest BCUT2D eigenvalue weighted by Gasteiger charge is 2.42. The molecule has 0 aromatic heterocycles. The number of rotatable bonds is 5. The van der Waals surface area contributed by atoms with E-state index < -0.39 is 23.3 Å². The fourth-order valence-corrected chi connectivity index (χ4v) is 2.95. The molecule has 1 aromatic carbocycles. The topological polar surface area (TPSA) is 125 Å². The predicted molar refractivity (Wildman–Crippen MR) is 94.1 cm³/mol. The lowest BCUT2D eigenvalue weighted by Crippen LogP contribution is -2.51. The first-order chi connectivity index (χ1) is 12.3. The van der Waals surface area contributed by atoms with E-state index in [0.29, 0.717) is 18.5 Å². The molecule has 8 heteroatoms. The van der Waals surface area contributed by atoms with Crippen LogP contribution < -0.4 is 16.0 Å². The summed E-state index contributed by atoms with van der Waals surface area (Å²) in [6.07, 6.45) is 0.507. The van der Waals surface area contributed by atoms with Crippen LogP contribution in [0.15, 0.2) is 24.3 Å². The molecule has 1 heterocycles. The van der Waals surface area contributed by atoms with E-state index in [1.54, 1.807) is 24.3 Å². The van der Waals surface area contributed by atoms with E-state index in [9.17, 15) is 19.2 Å². The van der Waals surface area contributed by atoms with E-state index in [4.69, 9.17) is 5.11 Å². The number of piperidine rings is 1. The van der Waals surface area contributed by atoms with Gasteiger partial charge in [0.05, 0.1) is 11.5 Å². The number of benzene rings is 1. The summed E-state index contributed by atoms with van der Waals surface area (Å²) < 4.78 is 0. The van der Waals surface area contributed by atoms with Crippen molar-refractivity contribution in [3.05, 3.63) is 29.8 Å². The van der Waals surface area contributed by atoms with Gasteiger partial charge in [0.1, 0.15) is 0 Å². The first-order valence-corrected chi connectivity index (χ1v) is 8.50. The Labute approximate surface area is 151 Å². The van der Waals surface area contributed by atoms with Crippen LogP contribution in [0.1, 0.15) is 38.7 Å². The minimum Gasteiger partial charge on any atom is -0.392 e. The second kappa shape index (κ2) is 8.09. The molecule has 1 aliphatic rings. The van der Waals surface area contributed by atoms with Gasteiger partial charge in [0.2, 0.25) is 11.8 Å². The van der Waals surface area contributed by atoms with Crippen LogP contribution in [0, 0.1) is 0 Å². The van der Waals surface area contributed by atoms with E-state index >= 15 is 0 Å². The van der Waals surface area contributed by atoms with Crippen molar-refractivity contribution in [3.8, 4) is 0 Å². The van der Waals surface area contributed by atoms with Crippen molar-refractivity contribution in [1.82, 2.24) is 10.6 Å². The lowest BCUT2D eigenvalue weighted by molar-refractivity contribution is -0.138. The lowest BCUT2D eigenvalue weighted by Gasteiger charge is -2.35. The second-order valence-corrected chi connectivity index (χ2v) is 6.40. The van der Waals surface area contributed by atoms with E-state index in [2.05, 4.69) is 16.0 Å². The van der Waals surface area contributed by atoms with Gasteiger partial charge >= 0.3 is 11.8 Å². The van der Waals surface area contributed by atoms with Gasteiger partial charge in [-0.15, -0.1) is 0 Å². The van der Waals surface area contributed by atoms with Gasteiger partial charge in [-0.2, -0.15) is 0 Å². The molecule has 0 radical (unpaired) electrons. The number of aliphatic hydroxyl groups is 1. The Balaban J connectivity index is 2.08. The molecule has 0 aliphatic carbocycles. The molecule has 4 N–H and O–H groups in total. The van der Waals surface area contributed by atoms with Gasteiger partial charge in [-0.05, 0) is 37.5 Å². The molecule has 1 saturated heterocycles. The van der Waals surface area contributed by atoms with Gasteiger partial charge in [0.15, 0.2) is 0 Å². The molecule has 4 amide bonds. The number of aliphatic hydroxyl groups excluding tert-OH is 1. The maximum Gasteiger partial charge on any atom is 0.313 e. The van der Waals surface area contributed by atoms with Gasteiger partial charge < -0.3 is 15.7 Å². The average molecular weight is 361 g/mol. The molecule has 140 valence electrons. The van der Waals surface area contributed by atoms with Crippen LogP contribution in [0.4, 0.5) is 5.69 Å². The summed E-state index contributed by atoms with van der Waals surface area (Å²) in [5, 5.41) is 16.3. The van der Waals surface area contributed by atoms with Crippen molar-refractivity contribution < 1.29 is 24.3 Å². The molecule has 0 spiro atoms. The Kier molecular flexibility index (Phi) is 6.10. The molecule has 26 heavy (non-hydrogen) atoms. The SMILES string of the molecule is CC[C@]1(c2ccc(NC(=O)C(=O)NC[C@@H](C)O)cc2)CCC(=O)NC1=O. The zero-order valence-electron chi connectivity index (χ0n) is 14.8. The monoisotopic (exact) mass is 361 g/mol. The summed E-state index contributed by atoms with van der Waals surface area (Å²) in [5.41, 5.74) is 0.386. The third kappa shape index (κ3) is 4.26. The van der Waals surface area contributed by atoms with Gasteiger partial charge in [0.25, 0.3) is 0 Å². The van der Waals surface area contributed by atoms with Crippen molar-refractivity contribution in [3.63, 3.8) is 0 Å². The Bertz CT molecular complexity index is 714. The number of imide groups is 1. The molecule has 0 saturated carbocycles. The molecular weight excluding hydrogens is 338 g/mol. The lowest BCUT2D eigenvalue weighted by atomic mass is 9.72. The third-order valence-corrected chi connectivity index (χ3v) is 4.53. The minimum absolute atomic E-state index is 0.0158. The van der Waals surface area contributed by atoms with Crippen LogP contribution in [-0.2, 0) is 24.6 Å². The molecule has 0 unspecified atom stereocenters. The van der Waals surface area contributed by atoms with E-state index in [1.807, 2.05) is 6.92 Å². The van der Waals surface area contributed by atoms with Crippen molar-refractivity contribution >= 4 is 29.3 Å². The minimum atomic E-state index is -0.843. The maximum absolute atomic E-state index is 12.4. The smallest absolute Gasteiger partial charge is 0.313 e. The number of anilines is 1. The first-order valence-electron chi connectivity index (χ1n) is 8.50. The number of nitrogens with one attached hydrogen (secondary N) is 3. The standard InChI is InChI=1S/C18H23N3O5/c1-3-18(9-8-14(23)21-17(18)26)12-4-6-13(7-5-12)20-16(25)15(24)19-10-11(2)22/h4-7,11,22H,3,8-10H2,1-2H3,(H,19,24)(H,20,25)(H,21,23,26)/t11-,18-/m1/s1. The van der Waals surface area contributed by atoms with E-state index in [1.165, 1.54) is 6.92 Å². The summed E-state index contributed by atoms with van der Waals surface area (Å²) in [4.78, 5) is 47.2. The van der Waals surface area contributed by atoms with Gasteiger partial charge in [0, 0.05) is 18.7 Å².